The second-order valence-corrected chi connectivity index (χ2v) is 6.20. The van der Waals surface area contributed by atoms with Crippen LogP contribution in [0.3, 0.4) is 0 Å². The van der Waals surface area contributed by atoms with Crippen LogP contribution < -0.4 is 10.6 Å². The Kier molecular flexibility index (Phi) is 3.66. The van der Waals surface area contributed by atoms with E-state index in [4.69, 9.17) is 10.7 Å². The molecule has 1 aliphatic rings. The zero-order chi connectivity index (χ0) is 14.1. The summed E-state index contributed by atoms with van der Waals surface area (Å²) in [4.78, 5) is 7.08. The molecule has 1 aromatic carbocycles. The summed E-state index contributed by atoms with van der Waals surface area (Å²) in [5, 5.41) is 0. The summed E-state index contributed by atoms with van der Waals surface area (Å²) < 4.78 is 1.06. The van der Waals surface area contributed by atoms with Crippen LogP contribution in [0.15, 0.2) is 40.9 Å². The Labute approximate surface area is 127 Å². The smallest absolute Gasteiger partial charge is 0.129 e. The predicted octanol–water partition coefficient (Wildman–Crippen LogP) is 3.90. The van der Waals surface area contributed by atoms with E-state index in [1.807, 2.05) is 25.1 Å². The standard InChI is InChI=1S/C16H18BrN3/c1-11-15(17)7-8-16(19-11)20(14-5-6-14)10-12-3-2-4-13(18)9-12/h2-4,7-9,14H,5-6,10,18H2,1H3. The average molecular weight is 332 g/mol. The second-order valence-electron chi connectivity index (χ2n) is 5.34. The van der Waals surface area contributed by atoms with Gasteiger partial charge in [0.25, 0.3) is 0 Å². The number of nitrogens with zero attached hydrogens (tertiary/aromatic N) is 2. The van der Waals surface area contributed by atoms with Crippen molar-refractivity contribution in [1.82, 2.24) is 4.98 Å². The second kappa shape index (κ2) is 5.44. The minimum atomic E-state index is 0.615. The number of rotatable bonds is 4. The number of nitrogens with two attached hydrogens (primary N) is 1. The molecular weight excluding hydrogens is 314 g/mol. The summed E-state index contributed by atoms with van der Waals surface area (Å²) in [6, 6.07) is 12.9. The van der Waals surface area contributed by atoms with Crippen LogP contribution in [0, 0.1) is 6.92 Å². The Bertz CT molecular complexity index is 623. The van der Waals surface area contributed by atoms with Crippen molar-refractivity contribution < 1.29 is 0 Å². The van der Waals surface area contributed by atoms with Crippen molar-refractivity contribution >= 4 is 27.4 Å². The lowest BCUT2D eigenvalue weighted by molar-refractivity contribution is 0.775. The van der Waals surface area contributed by atoms with Crippen molar-refractivity contribution in [3.05, 3.63) is 52.1 Å². The largest absolute Gasteiger partial charge is 0.399 e. The van der Waals surface area contributed by atoms with E-state index in [1.54, 1.807) is 0 Å². The average Bonchev–Trinajstić information content (AvgIpc) is 3.24. The van der Waals surface area contributed by atoms with Crippen molar-refractivity contribution in [3.8, 4) is 0 Å². The fourth-order valence-electron chi connectivity index (χ4n) is 2.36. The molecule has 0 unspecified atom stereocenters. The number of aromatic nitrogens is 1. The van der Waals surface area contributed by atoms with E-state index in [1.165, 1.54) is 18.4 Å². The molecule has 104 valence electrons. The van der Waals surface area contributed by atoms with Crippen molar-refractivity contribution in [2.75, 3.05) is 10.6 Å². The highest BCUT2D eigenvalue weighted by molar-refractivity contribution is 9.10. The van der Waals surface area contributed by atoms with Crippen LogP contribution in [-0.2, 0) is 6.54 Å². The van der Waals surface area contributed by atoms with Crippen LogP contribution >= 0.6 is 15.9 Å². The lowest BCUT2D eigenvalue weighted by Crippen LogP contribution is -2.26. The Morgan fingerprint density at radius 1 is 1.30 bits per heavy atom. The number of anilines is 2. The molecule has 1 aromatic heterocycles. The van der Waals surface area contributed by atoms with Gasteiger partial charge in [-0.1, -0.05) is 12.1 Å². The van der Waals surface area contributed by atoms with Gasteiger partial charge in [-0.25, -0.2) is 4.98 Å². The maximum absolute atomic E-state index is 5.87. The Morgan fingerprint density at radius 2 is 2.10 bits per heavy atom. The van der Waals surface area contributed by atoms with Crippen LogP contribution in [0.5, 0.6) is 0 Å². The molecule has 0 amide bonds. The first-order valence-corrected chi connectivity index (χ1v) is 7.67. The van der Waals surface area contributed by atoms with Gasteiger partial charge in [-0.15, -0.1) is 0 Å². The predicted molar refractivity (Wildman–Crippen MR) is 86.7 cm³/mol. The van der Waals surface area contributed by atoms with Gasteiger partial charge >= 0.3 is 0 Å². The number of halogens is 1. The van der Waals surface area contributed by atoms with Crippen molar-refractivity contribution in [1.29, 1.82) is 0 Å². The molecule has 1 saturated carbocycles. The van der Waals surface area contributed by atoms with Gasteiger partial charge in [0, 0.05) is 22.7 Å². The molecule has 0 saturated heterocycles. The molecular formula is C16H18BrN3. The Hall–Kier alpha value is -1.55. The topological polar surface area (TPSA) is 42.2 Å². The van der Waals surface area contributed by atoms with Crippen LogP contribution in [-0.4, -0.2) is 11.0 Å². The SMILES string of the molecule is Cc1nc(N(Cc2cccc(N)c2)C2CC2)ccc1Br. The third kappa shape index (κ3) is 2.96. The lowest BCUT2D eigenvalue weighted by Gasteiger charge is -2.24. The van der Waals surface area contributed by atoms with Crippen LogP contribution in [0.2, 0.25) is 0 Å². The van der Waals surface area contributed by atoms with E-state index in [0.717, 1.165) is 28.2 Å². The van der Waals surface area contributed by atoms with Gasteiger partial charge < -0.3 is 10.6 Å². The molecule has 3 rings (SSSR count). The molecule has 4 heteroatoms. The number of benzene rings is 1. The quantitative estimate of drug-likeness (QED) is 0.864. The van der Waals surface area contributed by atoms with E-state index >= 15 is 0 Å². The molecule has 0 atom stereocenters. The number of pyridine rings is 1. The van der Waals surface area contributed by atoms with Crippen LogP contribution in [0.1, 0.15) is 24.1 Å². The molecule has 0 radical (unpaired) electrons. The summed E-state index contributed by atoms with van der Waals surface area (Å²) in [7, 11) is 0. The number of aryl methyl sites for hydroxylation is 1. The number of hydrogen-bond acceptors (Lipinski definition) is 3. The minimum Gasteiger partial charge on any atom is -0.399 e. The maximum atomic E-state index is 5.87. The molecule has 0 aliphatic heterocycles. The van der Waals surface area contributed by atoms with E-state index in [0.29, 0.717) is 6.04 Å². The van der Waals surface area contributed by atoms with Gasteiger partial charge in [0.1, 0.15) is 5.82 Å². The first kappa shape index (κ1) is 13.4. The summed E-state index contributed by atoms with van der Waals surface area (Å²) >= 11 is 3.51. The fraction of sp³-hybridized carbons (Fsp3) is 0.312. The molecule has 1 fully saturated rings. The van der Waals surface area contributed by atoms with Gasteiger partial charge in [0.15, 0.2) is 0 Å². The zero-order valence-electron chi connectivity index (χ0n) is 11.5. The van der Waals surface area contributed by atoms with Crippen molar-refractivity contribution in [2.24, 2.45) is 0 Å². The van der Waals surface area contributed by atoms with Crippen LogP contribution in [0.25, 0.3) is 0 Å². The lowest BCUT2D eigenvalue weighted by atomic mass is 10.2. The van der Waals surface area contributed by atoms with E-state index < -0.39 is 0 Å². The van der Waals surface area contributed by atoms with Gasteiger partial charge in [0.05, 0.1) is 5.69 Å². The summed E-state index contributed by atoms with van der Waals surface area (Å²) in [6.45, 7) is 2.89. The Morgan fingerprint density at radius 3 is 2.75 bits per heavy atom. The first-order chi connectivity index (χ1) is 9.63. The Balaban J connectivity index is 1.87. The fourth-order valence-corrected chi connectivity index (χ4v) is 2.58. The normalized spacial score (nSPS) is 14.3. The zero-order valence-corrected chi connectivity index (χ0v) is 13.1. The highest BCUT2D eigenvalue weighted by Gasteiger charge is 2.30. The van der Waals surface area contributed by atoms with Gasteiger partial charge in [0.2, 0.25) is 0 Å². The monoisotopic (exact) mass is 331 g/mol. The molecule has 3 nitrogen and oxygen atoms in total. The molecule has 2 N–H and O–H groups in total. The third-order valence-electron chi connectivity index (χ3n) is 3.59. The molecule has 0 spiro atoms. The van der Waals surface area contributed by atoms with Gasteiger partial charge in [-0.2, -0.15) is 0 Å². The molecule has 2 aromatic rings. The van der Waals surface area contributed by atoms with Crippen molar-refractivity contribution in [3.63, 3.8) is 0 Å². The first-order valence-electron chi connectivity index (χ1n) is 6.88. The summed E-state index contributed by atoms with van der Waals surface area (Å²) in [6.07, 6.45) is 2.50. The number of nitrogen functional groups attached to an aromatic ring is 1. The van der Waals surface area contributed by atoms with E-state index in [9.17, 15) is 0 Å². The molecule has 1 heterocycles. The summed E-state index contributed by atoms with van der Waals surface area (Å²) in [5.74, 6) is 1.05. The van der Waals surface area contributed by atoms with E-state index in [2.05, 4.69) is 39.0 Å². The van der Waals surface area contributed by atoms with Gasteiger partial charge in [-0.05, 0) is 65.5 Å². The maximum Gasteiger partial charge on any atom is 0.129 e. The van der Waals surface area contributed by atoms with E-state index in [-0.39, 0.29) is 0 Å². The highest BCUT2D eigenvalue weighted by atomic mass is 79.9. The van der Waals surface area contributed by atoms with Gasteiger partial charge in [-0.3, -0.25) is 0 Å². The molecule has 20 heavy (non-hydrogen) atoms. The third-order valence-corrected chi connectivity index (χ3v) is 4.43. The highest BCUT2D eigenvalue weighted by Crippen LogP contribution is 2.33. The minimum absolute atomic E-state index is 0.615. The number of hydrogen-bond donors (Lipinski definition) is 1. The molecule has 0 bridgehead atoms. The van der Waals surface area contributed by atoms with Crippen molar-refractivity contribution in [2.45, 2.75) is 32.4 Å². The summed E-state index contributed by atoms with van der Waals surface area (Å²) in [5.41, 5.74) is 8.95. The van der Waals surface area contributed by atoms with Crippen LogP contribution in [0.4, 0.5) is 11.5 Å². The molecule has 1 aliphatic carbocycles.